The molecule has 2 atom stereocenters. The zero-order valence-electron chi connectivity index (χ0n) is 22.6. The van der Waals surface area contributed by atoms with Gasteiger partial charge in [0.25, 0.3) is 0 Å². The van der Waals surface area contributed by atoms with Crippen LogP contribution in [-0.4, -0.2) is 64.3 Å². The maximum atomic E-state index is 13.3. The van der Waals surface area contributed by atoms with E-state index >= 15 is 0 Å². The smallest absolute Gasteiger partial charge is 0.242 e. The third-order valence-corrected chi connectivity index (χ3v) is 8.72. The molecule has 3 amide bonds. The van der Waals surface area contributed by atoms with E-state index in [9.17, 15) is 14.4 Å². The number of rotatable bonds is 4. The molecule has 3 aromatic rings. The van der Waals surface area contributed by atoms with Crippen molar-refractivity contribution in [3.8, 4) is 0 Å². The molecule has 1 aliphatic heterocycles. The largest absolute Gasteiger partial charge is 0.361 e. The number of H-pyrrole nitrogens is 1. The third kappa shape index (κ3) is 7.05. The van der Waals surface area contributed by atoms with Crippen molar-refractivity contribution >= 4 is 40.0 Å². The van der Waals surface area contributed by atoms with Crippen LogP contribution in [0.25, 0.3) is 10.9 Å². The number of aromatic nitrogens is 2. The van der Waals surface area contributed by atoms with E-state index in [-0.39, 0.29) is 17.7 Å². The summed E-state index contributed by atoms with van der Waals surface area (Å²) in [4.78, 5) is 50.7. The molecule has 4 N–H and O–H groups in total. The lowest BCUT2D eigenvalue weighted by Crippen LogP contribution is -2.53. The quantitative estimate of drug-likeness (QED) is 0.398. The van der Waals surface area contributed by atoms with E-state index in [1.54, 1.807) is 6.92 Å². The number of benzene rings is 1. The van der Waals surface area contributed by atoms with E-state index in [2.05, 4.69) is 25.8 Å². The number of nitrogens with zero attached hydrogens (tertiary/aromatic N) is 2. The Bertz CT molecular complexity index is 1290. The molecule has 0 radical (unpaired) electrons. The van der Waals surface area contributed by atoms with Gasteiger partial charge in [-0.2, -0.15) is 0 Å². The van der Waals surface area contributed by atoms with Gasteiger partial charge in [-0.25, -0.2) is 4.98 Å². The molecule has 2 aliphatic rings. The summed E-state index contributed by atoms with van der Waals surface area (Å²) in [5.74, 6) is -0.747. The lowest BCUT2D eigenvalue weighted by molar-refractivity contribution is -0.131. The van der Waals surface area contributed by atoms with Gasteiger partial charge in [-0.3, -0.25) is 19.3 Å². The first-order chi connectivity index (χ1) is 19.0. The van der Waals surface area contributed by atoms with Crippen LogP contribution in [0.2, 0.25) is 0 Å². The Labute approximate surface area is 233 Å². The zero-order valence-corrected chi connectivity index (χ0v) is 23.4. The Kier molecular flexibility index (Phi) is 8.93. The topological polar surface area (TPSA) is 119 Å². The van der Waals surface area contributed by atoms with E-state index in [0.29, 0.717) is 25.8 Å². The van der Waals surface area contributed by atoms with Crippen molar-refractivity contribution < 1.29 is 14.4 Å². The van der Waals surface area contributed by atoms with Gasteiger partial charge in [-0.05, 0) is 63.6 Å². The Morgan fingerprint density at radius 1 is 0.974 bits per heavy atom. The molecule has 0 unspecified atom stereocenters. The molecule has 39 heavy (non-hydrogen) atoms. The van der Waals surface area contributed by atoms with Gasteiger partial charge in [0.1, 0.15) is 17.1 Å². The monoisotopic (exact) mass is 550 g/mol. The maximum Gasteiger partial charge on any atom is 0.242 e. The number of amides is 3. The fourth-order valence-corrected chi connectivity index (χ4v) is 6.64. The van der Waals surface area contributed by atoms with Crippen molar-refractivity contribution in [2.45, 2.75) is 76.9 Å². The number of thiazole rings is 1. The second kappa shape index (κ2) is 12.7. The predicted molar refractivity (Wildman–Crippen MR) is 152 cm³/mol. The molecule has 1 saturated heterocycles. The number of nitrogens with one attached hydrogen (secondary N) is 4. The van der Waals surface area contributed by atoms with Crippen LogP contribution in [0.5, 0.6) is 0 Å². The Morgan fingerprint density at radius 2 is 1.79 bits per heavy atom. The molecule has 5 rings (SSSR count). The average Bonchev–Trinajstić information content (AvgIpc) is 3.53. The van der Waals surface area contributed by atoms with Crippen molar-refractivity contribution in [2.24, 2.45) is 0 Å². The molecule has 2 aromatic heterocycles. The predicted octanol–water partition coefficient (Wildman–Crippen LogP) is 2.84. The summed E-state index contributed by atoms with van der Waals surface area (Å²) in [7, 11) is 0. The average molecular weight is 551 g/mol. The highest BCUT2D eigenvalue weighted by atomic mass is 32.1. The first-order valence-electron chi connectivity index (χ1n) is 14.1. The lowest BCUT2D eigenvalue weighted by Gasteiger charge is -2.22. The van der Waals surface area contributed by atoms with Gasteiger partial charge < -0.3 is 20.9 Å². The minimum Gasteiger partial charge on any atom is -0.361 e. The molecule has 208 valence electrons. The number of hydrogen-bond acceptors (Lipinski definition) is 6. The summed E-state index contributed by atoms with van der Waals surface area (Å²) in [5, 5.41) is 10.9. The fraction of sp³-hybridized carbons (Fsp3) is 0.517. The second-order valence-corrected chi connectivity index (χ2v) is 11.8. The number of carbonyl (C=O) groups is 3. The van der Waals surface area contributed by atoms with Crippen molar-refractivity contribution in [1.29, 1.82) is 0 Å². The van der Waals surface area contributed by atoms with Crippen LogP contribution in [-0.2, 0) is 40.2 Å². The summed E-state index contributed by atoms with van der Waals surface area (Å²) >= 11 is 1.82. The van der Waals surface area contributed by atoms with Crippen LogP contribution in [0.1, 0.15) is 60.2 Å². The van der Waals surface area contributed by atoms with Crippen LogP contribution in [0.4, 0.5) is 0 Å². The van der Waals surface area contributed by atoms with Gasteiger partial charge in [-0.15, -0.1) is 11.3 Å². The number of carbonyl (C=O) groups excluding carboxylic acids is 3. The van der Waals surface area contributed by atoms with E-state index in [0.717, 1.165) is 60.4 Å². The molecular formula is C29H38N6O3S. The van der Waals surface area contributed by atoms with Gasteiger partial charge in [0.2, 0.25) is 17.7 Å². The second-order valence-electron chi connectivity index (χ2n) is 10.6. The summed E-state index contributed by atoms with van der Waals surface area (Å²) in [5.41, 5.74) is 3.20. The van der Waals surface area contributed by atoms with Crippen molar-refractivity contribution in [3.63, 3.8) is 0 Å². The molecule has 1 aliphatic carbocycles. The molecule has 1 fully saturated rings. The van der Waals surface area contributed by atoms with Crippen molar-refractivity contribution in [3.05, 3.63) is 51.6 Å². The standard InChI is InChI=1S/C29H38N6O3S/c1-19-28(37)34-24(16-20-17-31-22-9-3-2-8-21(20)22)29(38)30-13-7-15-35(14-6-12-26(36)32-19)18-27-33-23-10-4-5-11-25(23)39-27/h2-3,8-9,17,19,24,31H,4-7,10-16,18H2,1H3,(H,30,38)(H,32,36)(H,34,37)/t19-,24+/m0/s1. The van der Waals surface area contributed by atoms with Gasteiger partial charge in [0, 0.05) is 47.9 Å². The summed E-state index contributed by atoms with van der Waals surface area (Å²) < 4.78 is 0. The highest BCUT2D eigenvalue weighted by Crippen LogP contribution is 2.27. The molecule has 9 nitrogen and oxygen atoms in total. The number of aryl methyl sites for hydroxylation is 2. The number of para-hydroxylation sites is 1. The molecular weight excluding hydrogens is 512 g/mol. The van der Waals surface area contributed by atoms with Crippen molar-refractivity contribution in [2.75, 3.05) is 19.6 Å². The summed E-state index contributed by atoms with van der Waals surface area (Å²) in [6, 6.07) is 6.41. The van der Waals surface area contributed by atoms with Crippen LogP contribution >= 0.6 is 11.3 Å². The molecule has 1 aromatic carbocycles. The van der Waals surface area contributed by atoms with Crippen LogP contribution in [0.15, 0.2) is 30.5 Å². The van der Waals surface area contributed by atoms with Gasteiger partial charge >= 0.3 is 0 Å². The van der Waals surface area contributed by atoms with Gasteiger partial charge in [-0.1, -0.05) is 18.2 Å². The maximum absolute atomic E-state index is 13.3. The molecule has 0 saturated carbocycles. The number of hydrogen-bond donors (Lipinski definition) is 4. The highest BCUT2D eigenvalue weighted by molar-refractivity contribution is 7.11. The molecule has 0 bridgehead atoms. The van der Waals surface area contributed by atoms with E-state index < -0.39 is 12.1 Å². The van der Waals surface area contributed by atoms with Crippen molar-refractivity contribution in [1.82, 2.24) is 30.8 Å². The molecule has 10 heteroatoms. The highest BCUT2D eigenvalue weighted by Gasteiger charge is 2.26. The number of aromatic amines is 1. The third-order valence-electron chi connectivity index (χ3n) is 7.58. The van der Waals surface area contributed by atoms with Gasteiger partial charge in [0.05, 0.1) is 12.2 Å². The van der Waals surface area contributed by atoms with Crippen LogP contribution in [0.3, 0.4) is 0 Å². The first kappa shape index (κ1) is 27.3. The van der Waals surface area contributed by atoms with Crippen LogP contribution < -0.4 is 16.0 Å². The first-order valence-corrected chi connectivity index (χ1v) is 14.9. The van der Waals surface area contributed by atoms with E-state index in [4.69, 9.17) is 4.98 Å². The molecule has 0 spiro atoms. The number of fused-ring (bicyclic) bond motifs is 2. The molecule has 3 heterocycles. The minimum absolute atomic E-state index is 0.158. The Morgan fingerprint density at radius 3 is 2.67 bits per heavy atom. The summed E-state index contributed by atoms with van der Waals surface area (Å²) in [6.07, 6.45) is 8.71. The van der Waals surface area contributed by atoms with E-state index in [1.807, 2.05) is 41.8 Å². The Hall–Kier alpha value is -3.24. The van der Waals surface area contributed by atoms with Gasteiger partial charge in [0.15, 0.2) is 0 Å². The SMILES string of the molecule is C[C@@H]1NC(=O)CCCN(Cc2nc3c(s2)CCCC3)CCCNC(=O)[C@@H](Cc2c[nH]c3ccccc23)NC1=O. The fourth-order valence-electron chi connectivity index (χ4n) is 5.44. The minimum atomic E-state index is -0.751. The van der Waals surface area contributed by atoms with E-state index in [1.165, 1.54) is 23.4 Å². The normalized spacial score (nSPS) is 22.3. The Balaban J connectivity index is 1.27. The van der Waals surface area contributed by atoms with Crippen LogP contribution in [0, 0.1) is 0 Å². The lowest BCUT2D eigenvalue weighted by atomic mass is 10.0. The zero-order chi connectivity index (χ0) is 27.2. The summed E-state index contributed by atoms with van der Waals surface area (Å²) in [6.45, 7) is 4.48.